The van der Waals surface area contributed by atoms with E-state index in [9.17, 15) is 4.79 Å². The van der Waals surface area contributed by atoms with E-state index in [1.807, 2.05) is 45.0 Å². The van der Waals surface area contributed by atoms with Crippen LogP contribution in [0.2, 0.25) is 0 Å². The zero-order chi connectivity index (χ0) is 15.4. The maximum absolute atomic E-state index is 12.3. The highest BCUT2D eigenvalue weighted by Gasteiger charge is 2.17. The van der Waals surface area contributed by atoms with Crippen molar-refractivity contribution in [2.75, 3.05) is 0 Å². The number of rotatable bonds is 5. The Morgan fingerprint density at radius 1 is 1.38 bits per heavy atom. The van der Waals surface area contributed by atoms with Crippen molar-refractivity contribution in [3.05, 3.63) is 53.1 Å². The van der Waals surface area contributed by atoms with Gasteiger partial charge in [-0.05, 0) is 45.4 Å². The van der Waals surface area contributed by atoms with Gasteiger partial charge in [0.25, 0.3) is 5.91 Å². The molecule has 1 N–H and O–H groups in total. The highest BCUT2D eigenvalue weighted by atomic mass is 16.1. The standard InChI is InChI=1S/C17H23N3O/c1-5-12(2)19-17(21)16-10-13(3)20(14(16)4)11-15-8-6-7-9-18-15/h6-10,12H,5,11H2,1-4H3,(H,19,21). The summed E-state index contributed by atoms with van der Waals surface area (Å²) < 4.78 is 2.13. The second kappa shape index (κ2) is 6.57. The average molecular weight is 285 g/mol. The number of carbonyl (C=O) groups excluding carboxylic acids is 1. The van der Waals surface area contributed by atoms with Crippen LogP contribution in [0.3, 0.4) is 0 Å². The van der Waals surface area contributed by atoms with Gasteiger partial charge in [-0.3, -0.25) is 9.78 Å². The van der Waals surface area contributed by atoms with Crippen LogP contribution in [0.25, 0.3) is 0 Å². The molecule has 1 amide bonds. The third-order valence-corrected chi connectivity index (χ3v) is 3.85. The van der Waals surface area contributed by atoms with Crippen molar-refractivity contribution in [3.63, 3.8) is 0 Å². The molecular weight excluding hydrogens is 262 g/mol. The molecule has 0 aliphatic rings. The minimum Gasteiger partial charge on any atom is -0.350 e. The molecule has 4 nitrogen and oxygen atoms in total. The van der Waals surface area contributed by atoms with Crippen molar-refractivity contribution in [2.45, 2.75) is 46.7 Å². The summed E-state index contributed by atoms with van der Waals surface area (Å²) in [5, 5.41) is 3.02. The molecule has 0 spiro atoms. The van der Waals surface area contributed by atoms with Crippen molar-refractivity contribution >= 4 is 5.91 Å². The third kappa shape index (κ3) is 3.51. The lowest BCUT2D eigenvalue weighted by molar-refractivity contribution is 0.0938. The van der Waals surface area contributed by atoms with E-state index < -0.39 is 0 Å². The van der Waals surface area contributed by atoms with E-state index >= 15 is 0 Å². The molecule has 1 atom stereocenters. The van der Waals surface area contributed by atoms with Crippen molar-refractivity contribution in [3.8, 4) is 0 Å². The number of aryl methyl sites for hydroxylation is 1. The van der Waals surface area contributed by atoms with E-state index in [0.29, 0.717) is 6.54 Å². The summed E-state index contributed by atoms with van der Waals surface area (Å²) in [6.07, 6.45) is 2.72. The minimum absolute atomic E-state index is 0.00437. The third-order valence-electron chi connectivity index (χ3n) is 3.85. The maximum Gasteiger partial charge on any atom is 0.253 e. The number of carbonyl (C=O) groups is 1. The molecule has 2 rings (SSSR count). The van der Waals surface area contributed by atoms with E-state index in [1.165, 1.54) is 0 Å². The molecule has 112 valence electrons. The first-order valence-electron chi connectivity index (χ1n) is 7.40. The van der Waals surface area contributed by atoms with E-state index in [0.717, 1.165) is 29.1 Å². The molecule has 0 saturated carbocycles. The Balaban J connectivity index is 2.23. The Labute approximate surface area is 126 Å². The summed E-state index contributed by atoms with van der Waals surface area (Å²) in [6.45, 7) is 8.78. The van der Waals surface area contributed by atoms with Crippen LogP contribution in [-0.2, 0) is 6.54 Å². The van der Waals surface area contributed by atoms with Crippen LogP contribution in [0.15, 0.2) is 30.5 Å². The molecule has 21 heavy (non-hydrogen) atoms. The summed E-state index contributed by atoms with van der Waals surface area (Å²) >= 11 is 0. The molecule has 0 saturated heterocycles. The van der Waals surface area contributed by atoms with Crippen molar-refractivity contribution in [2.24, 2.45) is 0 Å². The summed E-state index contributed by atoms with van der Waals surface area (Å²) in [5.41, 5.74) is 3.81. The predicted molar refractivity (Wildman–Crippen MR) is 84.5 cm³/mol. The predicted octanol–water partition coefficient (Wildman–Crippen LogP) is 3.08. The molecule has 0 aromatic carbocycles. The number of hydrogen-bond donors (Lipinski definition) is 1. The Hall–Kier alpha value is -2.10. The van der Waals surface area contributed by atoms with Gasteiger partial charge >= 0.3 is 0 Å². The Morgan fingerprint density at radius 2 is 2.14 bits per heavy atom. The summed E-state index contributed by atoms with van der Waals surface area (Å²) in [5.74, 6) is 0.00437. The van der Waals surface area contributed by atoms with Crippen LogP contribution in [0.4, 0.5) is 0 Å². The number of aromatic nitrogens is 2. The van der Waals surface area contributed by atoms with E-state index in [4.69, 9.17) is 0 Å². The first kappa shape index (κ1) is 15.3. The Bertz CT molecular complexity index is 616. The zero-order valence-corrected chi connectivity index (χ0v) is 13.2. The van der Waals surface area contributed by atoms with Gasteiger partial charge in [-0.2, -0.15) is 0 Å². The van der Waals surface area contributed by atoms with Crippen LogP contribution < -0.4 is 5.32 Å². The van der Waals surface area contributed by atoms with Gasteiger partial charge in [-0.1, -0.05) is 13.0 Å². The second-order valence-electron chi connectivity index (χ2n) is 5.47. The van der Waals surface area contributed by atoms with Gasteiger partial charge in [0.1, 0.15) is 0 Å². The fourth-order valence-corrected chi connectivity index (χ4v) is 2.33. The van der Waals surface area contributed by atoms with Crippen LogP contribution in [0, 0.1) is 13.8 Å². The molecule has 2 aromatic heterocycles. The van der Waals surface area contributed by atoms with Crippen LogP contribution in [0.1, 0.15) is 47.7 Å². The second-order valence-corrected chi connectivity index (χ2v) is 5.47. The Kier molecular flexibility index (Phi) is 4.78. The van der Waals surface area contributed by atoms with E-state index in [2.05, 4.69) is 21.8 Å². The van der Waals surface area contributed by atoms with Gasteiger partial charge in [0.05, 0.1) is 17.8 Å². The zero-order valence-electron chi connectivity index (χ0n) is 13.2. The first-order valence-corrected chi connectivity index (χ1v) is 7.40. The number of nitrogens with one attached hydrogen (secondary N) is 1. The Morgan fingerprint density at radius 3 is 2.76 bits per heavy atom. The largest absolute Gasteiger partial charge is 0.350 e. The molecule has 0 fully saturated rings. The molecule has 1 unspecified atom stereocenters. The van der Waals surface area contributed by atoms with E-state index in [-0.39, 0.29) is 11.9 Å². The van der Waals surface area contributed by atoms with Gasteiger partial charge in [0, 0.05) is 23.6 Å². The van der Waals surface area contributed by atoms with Crippen molar-refractivity contribution < 1.29 is 4.79 Å². The fourth-order valence-electron chi connectivity index (χ4n) is 2.33. The smallest absolute Gasteiger partial charge is 0.253 e. The summed E-state index contributed by atoms with van der Waals surface area (Å²) in [4.78, 5) is 16.7. The highest BCUT2D eigenvalue weighted by Crippen LogP contribution is 2.16. The van der Waals surface area contributed by atoms with Gasteiger partial charge in [-0.15, -0.1) is 0 Å². The SMILES string of the molecule is CCC(C)NC(=O)c1cc(C)n(Cc2ccccn2)c1C. The molecule has 2 aromatic rings. The van der Waals surface area contributed by atoms with E-state index in [1.54, 1.807) is 6.20 Å². The van der Waals surface area contributed by atoms with Crippen molar-refractivity contribution in [1.29, 1.82) is 0 Å². The van der Waals surface area contributed by atoms with Gasteiger partial charge in [0.2, 0.25) is 0 Å². The summed E-state index contributed by atoms with van der Waals surface area (Å²) in [6, 6.07) is 8.03. The fraction of sp³-hybridized carbons (Fsp3) is 0.412. The molecule has 4 heteroatoms. The molecule has 0 bridgehead atoms. The first-order chi connectivity index (χ1) is 10.0. The lowest BCUT2D eigenvalue weighted by atomic mass is 10.2. The molecule has 0 aliphatic heterocycles. The van der Waals surface area contributed by atoms with Crippen LogP contribution >= 0.6 is 0 Å². The number of amides is 1. The molecule has 0 aliphatic carbocycles. The van der Waals surface area contributed by atoms with Gasteiger partial charge in [-0.25, -0.2) is 0 Å². The summed E-state index contributed by atoms with van der Waals surface area (Å²) in [7, 11) is 0. The number of nitrogens with zero attached hydrogens (tertiary/aromatic N) is 2. The monoisotopic (exact) mass is 285 g/mol. The quantitative estimate of drug-likeness (QED) is 0.917. The number of pyridine rings is 1. The molecular formula is C17H23N3O. The van der Waals surface area contributed by atoms with Crippen LogP contribution in [-0.4, -0.2) is 21.5 Å². The number of hydrogen-bond acceptors (Lipinski definition) is 2. The molecule has 2 heterocycles. The average Bonchev–Trinajstić information content (AvgIpc) is 2.76. The molecule has 0 radical (unpaired) electrons. The normalized spacial score (nSPS) is 12.2. The topological polar surface area (TPSA) is 46.9 Å². The van der Waals surface area contributed by atoms with Gasteiger partial charge in [0.15, 0.2) is 0 Å². The lowest BCUT2D eigenvalue weighted by Crippen LogP contribution is -2.32. The lowest BCUT2D eigenvalue weighted by Gasteiger charge is -2.12. The van der Waals surface area contributed by atoms with Crippen molar-refractivity contribution in [1.82, 2.24) is 14.9 Å². The van der Waals surface area contributed by atoms with Crippen LogP contribution in [0.5, 0.6) is 0 Å². The highest BCUT2D eigenvalue weighted by molar-refractivity contribution is 5.95. The minimum atomic E-state index is 0.00437. The van der Waals surface area contributed by atoms with Gasteiger partial charge < -0.3 is 9.88 Å². The maximum atomic E-state index is 12.3.